The molecule has 0 saturated heterocycles. The lowest BCUT2D eigenvalue weighted by Gasteiger charge is -2.10. The first kappa shape index (κ1) is 13.5. The molecule has 0 bridgehead atoms. The van der Waals surface area contributed by atoms with Crippen LogP contribution in [-0.4, -0.2) is 11.6 Å². The molecule has 19 heavy (non-hydrogen) atoms. The molecule has 0 saturated carbocycles. The zero-order chi connectivity index (χ0) is 13.7. The Kier molecular flexibility index (Phi) is 4.47. The standard InChI is InChI=1S/C15H17FN2O/c1-11(17)13-4-5-15(14(16)9-13)19-8-6-12-3-2-7-18-10-12/h2-5,7,9-11H,6,8,17H2,1H3/t11-/m1/s1. The molecule has 100 valence electrons. The molecule has 0 aliphatic heterocycles. The average Bonchev–Trinajstić information content (AvgIpc) is 2.41. The van der Waals surface area contributed by atoms with Crippen LogP contribution in [0.2, 0.25) is 0 Å². The Bertz CT molecular complexity index is 529. The molecule has 3 nitrogen and oxygen atoms in total. The van der Waals surface area contributed by atoms with E-state index in [1.807, 2.05) is 19.1 Å². The molecular formula is C15H17FN2O. The van der Waals surface area contributed by atoms with E-state index in [2.05, 4.69) is 4.98 Å². The van der Waals surface area contributed by atoms with Gasteiger partial charge in [0.15, 0.2) is 11.6 Å². The molecule has 0 spiro atoms. The highest BCUT2D eigenvalue weighted by Crippen LogP contribution is 2.21. The van der Waals surface area contributed by atoms with Crippen LogP contribution in [0.15, 0.2) is 42.7 Å². The van der Waals surface area contributed by atoms with Gasteiger partial charge in [-0.05, 0) is 36.2 Å². The highest BCUT2D eigenvalue weighted by atomic mass is 19.1. The van der Waals surface area contributed by atoms with Crippen LogP contribution in [0.25, 0.3) is 0 Å². The lowest BCUT2D eigenvalue weighted by atomic mass is 10.1. The molecule has 1 aromatic heterocycles. The summed E-state index contributed by atoms with van der Waals surface area (Å²) in [6.07, 6.45) is 4.19. The Morgan fingerprint density at radius 2 is 2.21 bits per heavy atom. The third-order valence-electron chi connectivity index (χ3n) is 2.85. The Morgan fingerprint density at radius 3 is 2.84 bits per heavy atom. The number of nitrogens with zero attached hydrogens (tertiary/aromatic N) is 1. The second-order valence-electron chi connectivity index (χ2n) is 4.44. The van der Waals surface area contributed by atoms with E-state index in [0.29, 0.717) is 13.0 Å². The van der Waals surface area contributed by atoms with Crippen LogP contribution < -0.4 is 10.5 Å². The largest absolute Gasteiger partial charge is 0.490 e. The molecule has 0 unspecified atom stereocenters. The van der Waals surface area contributed by atoms with E-state index in [0.717, 1.165) is 11.1 Å². The molecule has 1 heterocycles. The van der Waals surface area contributed by atoms with Crippen LogP contribution in [0.5, 0.6) is 5.75 Å². The molecule has 0 aliphatic carbocycles. The normalized spacial score (nSPS) is 12.2. The van der Waals surface area contributed by atoms with Crippen molar-refractivity contribution in [2.75, 3.05) is 6.61 Å². The Balaban J connectivity index is 1.93. The average molecular weight is 260 g/mol. The Hall–Kier alpha value is -1.94. The van der Waals surface area contributed by atoms with Crippen molar-refractivity contribution < 1.29 is 9.13 Å². The predicted octanol–water partition coefficient (Wildman–Crippen LogP) is 2.86. The molecule has 1 atom stereocenters. The number of hydrogen-bond donors (Lipinski definition) is 1. The topological polar surface area (TPSA) is 48.1 Å². The smallest absolute Gasteiger partial charge is 0.165 e. The minimum Gasteiger partial charge on any atom is -0.490 e. The number of hydrogen-bond acceptors (Lipinski definition) is 3. The number of halogens is 1. The lowest BCUT2D eigenvalue weighted by Crippen LogP contribution is -2.07. The van der Waals surface area contributed by atoms with Gasteiger partial charge in [-0.2, -0.15) is 0 Å². The van der Waals surface area contributed by atoms with Crippen LogP contribution in [0, 0.1) is 5.82 Å². The van der Waals surface area contributed by atoms with Gasteiger partial charge in [0.1, 0.15) is 0 Å². The van der Waals surface area contributed by atoms with Crippen molar-refractivity contribution >= 4 is 0 Å². The second kappa shape index (κ2) is 6.29. The van der Waals surface area contributed by atoms with E-state index >= 15 is 0 Å². The number of nitrogens with two attached hydrogens (primary N) is 1. The highest BCUT2D eigenvalue weighted by molar-refractivity contribution is 5.30. The zero-order valence-electron chi connectivity index (χ0n) is 10.8. The number of ether oxygens (including phenoxy) is 1. The van der Waals surface area contributed by atoms with Gasteiger partial charge in [-0.15, -0.1) is 0 Å². The monoisotopic (exact) mass is 260 g/mol. The van der Waals surface area contributed by atoms with Crippen molar-refractivity contribution in [3.05, 3.63) is 59.7 Å². The van der Waals surface area contributed by atoms with Gasteiger partial charge in [0.2, 0.25) is 0 Å². The molecule has 0 amide bonds. The van der Waals surface area contributed by atoms with Crippen LogP contribution >= 0.6 is 0 Å². The van der Waals surface area contributed by atoms with Crippen molar-refractivity contribution in [1.82, 2.24) is 4.98 Å². The minimum absolute atomic E-state index is 0.182. The van der Waals surface area contributed by atoms with Crippen molar-refractivity contribution in [2.45, 2.75) is 19.4 Å². The first-order chi connectivity index (χ1) is 9.16. The summed E-state index contributed by atoms with van der Waals surface area (Å²) in [5, 5.41) is 0. The van der Waals surface area contributed by atoms with Crippen molar-refractivity contribution in [3.8, 4) is 5.75 Å². The number of aromatic nitrogens is 1. The zero-order valence-corrected chi connectivity index (χ0v) is 10.8. The van der Waals surface area contributed by atoms with E-state index in [1.165, 1.54) is 6.07 Å². The molecule has 0 fully saturated rings. The molecule has 1 aromatic carbocycles. The SMILES string of the molecule is C[C@@H](N)c1ccc(OCCc2cccnc2)c(F)c1. The van der Waals surface area contributed by atoms with Crippen molar-refractivity contribution in [3.63, 3.8) is 0 Å². The summed E-state index contributed by atoms with van der Waals surface area (Å²) in [6.45, 7) is 2.23. The van der Waals surface area contributed by atoms with Gasteiger partial charge in [0, 0.05) is 24.9 Å². The van der Waals surface area contributed by atoms with E-state index < -0.39 is 0 Å². The summed E-state index contributed by atoms with van der Waals surface area (Å²) < 4.78 is 19.2. The third-order valence-corrected chi connectivity index (χ3v) is 2.85. The van der Waals surface area contributed by atoms with Gasteiger partial charge in [-0.25, -0.2) is 4.39 Å². The molecule has 2 N–H and O–H groups in total. The maximum absolute atomic E-state index is 13.7. The molecular weight excluding hydrogens is 243 g/mol. The van der Waals surface area contributed by atoms with Gasteiger partial charge in [-0.1, -0.05) is 12.1 Å². The highest BCUT2D eigenvalue weighted by Gasteiger charge is 2.07. The van der Waals surface area contributed by atoms with Crippen LogP contribution in [0.1, 0.15) is 24.1 Å². The third kappa shape index (κ3) is 3.76. The fraction of sp³-hybridized carbons (Fsp3) is 0.267. The predicted molar refractivity (Wildman–Crippen MR) is 72.4 cm³/mol. The van der Waals surface area contributed by atoms with Crippen LogP contribution in [0.3, 0.4) is 0 Å². The minimum atomic E-state index is -0.374. The maximum atomic E-state index is 13.7. The van der Waals surface area contributed by atoms with Crippen molar-refractivity contribution in [1.29, 1.82) is 0 Å². The number of benzene rings is 1. The van der Waals surface area contributed by atoms with Gasteiger partial charge in [0.25, 0.3) is 0 Å². The van der Waals surface area contributed by atoms with Crippen LogP contribution in [-0.2, 0) is 6.42 Å². The van der Waals surface area contributed by atoms with E-state index in [1.54, 1.807) is 24.5 Å². The fourth-order valence-corrected chi connectivity index (χ4v) is 1.74. The first-order valence-electron chi connectivity index (χ1n) is 6.23. The van der Waals surface area contributed by atoms with Crippen molar-refractivity contribution in [2.24, 2.45) is 5.73 Å². The number of rotatable bonds is 5. The van der Waals surface area contributed by atoms with Gasteiger partial charge in [-0.3, -0.25) is 4.98 Å². The van der Waals surface area contributed by atoms with Gasteiger partial charge in [0.05, 0.1) is 6.61 Å². The molecule has 0 radical (unpaired) electrons. The first-order valence-corrected chi connectivity index (χ1v) is 6.23. The molecule has 2 aromatic rings. The van der Waals surface area contributed by atoms with E-state index in [4.69, 9.17) is 10.5 Å². The summed E-state index contributed by atoms with van der Waals surface area (Å²) in [6, 6.07) is 8.48. The summed E-state index contributed by atoms with van der Waals surface area (Å²) in [7, 11) is 0. The van der Waals surface area contributed by atoms with Gasteiger partial charge >= 0.3 is 0 Å². The second-order valence-corrected chi connectivity index (χ2v) is 4.44. The quantitative estimate of drug-likeness (QED) is 0.899. The summed E-state index contributed by atoms with van der Waals surface area (Å²) >= 11 is 0. The fourth-order valence-electron chi connectivity index (χ4n) is 1.74. The Labute approximate surface area is 112 Å². The summed E-state index contributed by atoms with van der Waals surface area (Å²) in [5.41, 5.74) is 7.52. The Morgan fingerprint density at radius 1 is 1.37 bits per heavy atom. The van der Waals surface area contributed by atoms with E-state index in [-0.39, 0.29) is 17.6 Å². The summed E-state index contributed by atoms with van der Waals surface area (Å²) in [5.74, 6) is -0.116. The lowest BCUT2D eigenvalue weighted by molar-refractivity contribution is 0.305. The van der Waals surface area contributed by atoms with E-state index in [9.17, 15) is 4.39 Å². The van der Waals surface area contributed by atoms with Crippen LogP contribution in [0.4, 0.5) is 4.39 Å². The summed E-state index contributed by atoms with van der Waals surface area (Å²) in [4.78, 5) is 4.02. The maximum Gasteiger partial charge on any atom is 0.165 e. The number of pyridine rings is 1. The molecule has 0 aliphatic rings. The molecule has 4 heteroatoms. The molecule has 2 rings (SSSR count). The van der Waals surface area contributed by atoms with Gasteiger partial charge < -0.3 is 10.5 Å².